The fraction of sp³-hybridized carbons (Fsp3) is 0.909. The third-order valence-electron chi connectivity index (χ3n) is 3.22. The summed E-state index contributed by atoms with van der Waals surface area (Å²) >= 11 is 0. The number of β-amino-alcohol motifs (C(OH)–C–C–N with tert-alkyl or cyclic N) is 1. The third-order valence-corrected chi connectivity index (χ3v) is 3.22. The van der Waals surface area contributed by atoms with Gasteiger partial charge in [0, 0.05) is 25.7 Å². The molecule has 15 heavy (non-hydrogen) atoms. The Morgan fingerprint density at radius 3 is 2.33 bits per heavy atom. The normalized spacial score (nSPS) is 25.7. The summed E-state index contributed by atoms with van der Waals surface area (Å²) in [6.45, 7) is 9.38. The van der Waals surface area contributed by atoms with Crippen LogP contribution in [0.4, 0.5) is 0 Å². The maximum absolute atomic E-state index is 12.0. The van der Waals surface area contributed by atoms with Crippen LogP contribution >= 0.6 is 0 Å². The Morgan fingerprint density at radius 2 is 1.87 bits per heavy atom. The molecule has 4 heteroatoms. The van der Waals surface area contributed by atoms with E-state index in [1.165, 1.54) is 0 Å². The van der Waals surface area contributed by atoms with E-state index in [0.29, 0.717) is 13.1 Å². The fourth-order valence-corrected chi connectivity index (χ4v) is 2.76. The highest BCUT2D eigenvalue weighted by Crippen LogP contribution is 2.31. The summed E-state index contributed by atoms with van der Waals surface area (Å²) in [7, 11) is 1.84. The van der Waals surface area contributed by atoms with E-state index in [1.807, 2.05) is 20.9 Å². The number of aliphatic hydroxyl groups is 1. The van der Waals surface area contributed by atoms with Crippen molar-refractivity contribution in [2.75, 3.05) is 26.7 Å². The number of hydrogen-bond acceptors (Lipinski definition) is 3. The molecule has 0 saturated carbocycles. The van der Waals surface area contributed by atoms with Gasteiger partial charge in [-0.1, -0.05) is 0 Å². The highest BCUT2D eigenvalue weighted by molar-refractivity contribution is 5.86. The molecule has 88 valence electrons. The summed E-state index contributed by atoms with van der Waals surface area (Å²) in [6.07, 6.45) is 0. The average molecular weight is 214 g/mol. The van der Waals surface area contributed by atoms with Gasteiger partial charge in [0.25, 0.3) is 0 Å². The molecular formula is C11H22N2O2. The van der Waals surface area contributed by atoms with Crippen molar-refractivity contribution in [1.29, 1.82) is 0 Å². The zero-order valence-corrected chi connectivity index (χ0v) is 10.4. The van der Waals surface area contributed by atoms with Crippen LogP contribution in [0.3, 0.4) is 0 Å². The van der Waals surface area contributed by atoms with E-state index in [2.05, 4.69) is 18.7 Å². The molecule has 0 aromatic rings. The van der Waals surface area contributed by atoms with Gasteiger partial charge in [0.05, 0.1) is 12.1 Å². The van der Waals surface area contributed by atoms with Crippen LogP contribution in [0.5, 0.6) is 0 Å². The molecule has 0 unspecified atom stereocenters. The van der Waals surface area contributed by atoms with E-state index in [1.54, 1.807) is 4.90 Å². The van der Waals surface area contributed by atoms with E-state index < -0.39 is 5.54 Å². The molecule has 0 aliphatic carbocycles. The summed E-state index contributed by atoms with van der Waals surface area (Å²) in [5.74, 6) is 0.121. The number of likely N-dealkylation sites (N-methyl/N-ethyl adjacent to an activating group) is 1. The van der Waals surface area contributed by atoms with Crippen LogP contribution < -0.4 is 0 Å². The molecule has 1 heterocycles. The maximum atomic E-state index is 12.0. The van der Waals surface area contributed by atoms with Crippen molar-refractivity contribution < 1.29 is 9.90 Å². The van der Waals surface area contributed by atoms with Crippen LogP contribution in [0.15, 0.2) is 0 Å². The minimum Gasteiger partial charge on any atom is -0.395 e. The number of hydrogen-bond donors (Lipinski definition) is 1. The number of amides is 1. The molecule has 0 aromatic heterocycles. The molecule has 1 saturated heterocycles. The summed E-state index contributed by atoms with van der Waals surface area (Å²) < 4.78 is 0. The fourth-order valence-electron chi connectivity index (χ4n) is 2.76. The van der Waals surface area contributed by atoms with Gasteiger partial charge in [-0.2, -0.15) is 0 Å². The zero-order chi connectivity index (χ0) is 11.9. The molecule has 0 radical (unpaired) electrons. The quantitative estimate of drug-likeness (QED) is 0.719. The molecule has 1 aliphatic rings. The Hall–Kier alpha value is -0.610. The summed E-state index contributed by atoms with van der Waals surface area (Å²) in [5.41, 5.74) is -0.617. The van der Waals surface area contributed by atoms with Gasteiger partial charge in [-0.3, -0.25) is 9.69 Å². The lowest BCUT2D eigenvalue weighted by molar-refractivity contribution is -0.158. The Bertz CT molecular complexity index is 261. The number of carbonyl (C=O) groups excluding carboxylic acids is 1. The number of aliphatic hydroxyl groups excluding tert-OH is 1. The van der Waals surface area contributed by atoms with Gasteiger partial charge < -0.3 is 10.0 Å². The smallest absolute Gasteiger partial charge is 0.242 e. The van der Waals surface area contributed by atoms with Gasteiger partial charge in [-0.15, -0.1) is 0 Å². The molecule has 0 aromatic carbocycles. The minimum atomic E-state index is -0.529. The first-order chi connectivity index (χ1) is 6.73. The number of piperazine rings is 1. The lowest BCUT2D eigenvalue weighted by atomic mass is 9.87. The first-order valence-corrected chi connectivity index (χ1v) is 5.37. The van der Waals surface area contributed by atoms with E-state index in [0.717, 1.165) is 0 Å². The monoisotopic (exact) mass is 214 g/mol. The van der Waals surface area contributed by atoms with Crippen LogP contribution in [0.1, 0.15) is 27.7 Å². The first kappa shape index (κ1) is 12.5. The molecular weight excluding hydrogens is 192 g/mol. The van der Waals surface area contributed by atoms with Crippen molar-refractivity contribution in [3.63, 3.8) is 0 Å². The highest BCUT2D eigenvalue weighted by Gasteiger charge is 2.48. The second-order valence-corrected chi connectivity index (χ2v) is 5.41. The van der Waals surface area contributed by atoms with Crippen LogP contribution in [0.25, 0.3) is 0 Å². The van der Waals surface area contributed by atoms with Crippen LogP contribution in [0, 0.1) is 0 Å². The van der Waals surface area contributed by atoms with E-state index in [9.17, 15) is 4.79 Å². The molecule has 1 aliphatic heterocycles. The summed E-state index contributed by atoms with van der Waals surface area (Å²) in [5, 5.41) is 9.07. The zero-order valence-electron chi connectivity index (χ0n) is 10.4. The standard InChI is InChI=1S/C11H22N2O2/c1-10(2)8-12(5)9(15)11(3,4)13(10)6-7-14/h14H,6-8H2,1-5H3. The van der Waals surface area contributed by atoms with E-state index in [-0.39, 0.29) is 18.1 Å². The van der Waals surface area contributed by atoms with E-state index in [4.69, 9.17) is 5.11 Å². The van der Waals surface area contributed by atoms with Gasteiger partial charge in [0.1, 0.15) is 0 Å². The molecule has 1 N–H and O–H groups in total. The molecule has 1 amide bonds. The minimum absolute atomic E-state index is 0.0872. The Labute approximate surface area is 91.9 Å². The van der Waals surface area contributed by atoms with Crippen molar-refractivity contribution in [3.8, 4) is 0 Å². The first-order valence-electron chi connectivity index (χ1n) is 5.37. The number of nitrogens with zero attached hydrogens (tertiary/aromatic N) is 2. The molecule has 1 rings (SSSR count). The van der Waals surface area contributed by atoms with Crippen molar-refractivity contribution in [2.45, 2.75) is 38.8 Å². The average Bonchev–Trinajstić information content (AvgIpc) is 2.09. The maximum Gasteiger partial charge on any atom is 0.242 e. The molecule has 4 nitrogen and oxygen atoms in total. The largest absolute Gasteiger partial charge is 0.395 e. The highest BCUT2D eigenvalue weighted by atomic mass is 16.3. The summed E-state index contributed by atoms with van der Waals surface area (Å²) in [4.78, 5) is 15.9. The van der Waals surface area contributed by atoms with Crippen molar-refractivity contribution >= 4 is 5.91 Å². The van der Waals surface area contributed by atoms with Crippen LogP contribution in [0.2, 0.25) is 0 Å². The Kier molecular flexibility index (Phi) is 3.12. The van der Waals surface area contributed by atoms with Crippen molar-refractivity contribution in [1.82, 2.24) is 9.80 Å². The second kappa shape index (κ2) is 3.76. The molecule has 0 bridgehead atoms. The molecule has 0 spiro atoms. The predicted octanol–water partition coefficient (Wildman–Crippen LogP) is 0.310. The SMILES string of the molecule is CN1CC(C)(C)N(CCO)C(C)(C)C1=O. The van der Waals surface area contributed by atoms with Crippen molar-refractivity contribution in [3.05, 3.63) is 0 Å². The Balaban J connectivity index is 3.03. The Morgan fingerprint density at radius 1 is 1.33 bits per heavy atom. The molecule has 0 atom stereocenters. The molecule has 1 fully saturated rings. The van der Waals surface area contributed by atoms with Crippen molar-refractivity contribution in [2.24, 2.45) is 0 Å². The van der Waals surface area contributed by atoms with Gasteiger partial charge >= 0.3 is 0 Å². The van der Waals surface area contributed by atoms with E-state index >= 15 is 0 Å². The topological polar surface area (TPSA) is 43.8 Å². The van der Waals surface area contributed by atoms with Crippen LogP contribution in [-0.2, 0) is 4.79 Å². The summed E-state index contributed by atoms with van der Waals surface area (Å²) in [6, 6.07) is 0. The van der Waals surface area contributed by atoms with Crippen LogP contribution in [-0.4, -0.2) is 58.6 Å². The number of carbonyl (C=O) groups is 1. The lowest BCUT2D eigenvalue weighted by Gasteiger charge is -2.54. The second-order valence-electron chi connectivity index (χ2n) is 5.41. The van der Waals surface area contributed by atoms with Gasteiger partial charge in [0.2, 0.25) is 5.91 Å². The van der Waals surface area contributed by atoms with Gasteiger partial charge in [0.15, 0.2) is 0 Å². The van der Waals surface area contributed by atoms with Gasteiger partial charge in [-0.25, -0.2) is 0 Å². The third kappa shape index (κ3) is 2.01. The lowest BCUT2D eigenvalue weighted by Crippen LogP contribution is -2.70. The predicted molar refractivity (Wildman–Crippen MR) is 59.6 cm³/mol. The number of rotatable bonds is 2. The van der Waals surface area contributed by atoms with Gasteiger partial charge in [-0.05, 0) is 27.7 Å².